The summed E-state index contributed by atoms with van der Waals surface area (Å²) < 4.78 is 5.36. The molecule has 2 atom stereocenters. The molecule has 0 saturated carbocycles. The van der Waals surface area contributed by atoms with E-state index in [2.05, 4.69) is 10.3 Å². The Bertz CT molecular complexity index is 629. The molecule has 1 aliphatic heterocycles. The van der Waals surface area contributed by atoms with E-state index in [4.69, 9.17) is 10.5 Å². The molecule has 106 valence electrons. The molecule has 0 aliphatic carbocycles. The first-order valence-electron chi connectivity index (χ1n) is 6.90. The fourth-order valence-corrected chi connectivity index (χ4v) is 2.68. The van der Waals surface area contributed by atoms with Crippen LogP contribution >= 0.6 is 0 Å². The molecule has 1 amide bonds. The predicted octanol–water partition coefficient (Wildman–Crippen LogP) is 1.90. The Labute approximate surface area is 117 Å². The molecule has 0 radical (unpaired) electrons. The van der Waals surface area contributed by atoms with Crippen LogP contribution in [0.3, 0.4) is 0 Å². The number of fused-ring (bicyclic) bond motifs is 1. The summed E-state index contributed by atoms with van der Waals surface area (Å²) in [5.41, 5.74) is 7.96. The highest BCUT2D eigenvalue weighted by molar-refractivity contribution is 6.07. The van der Waals surface area contributed by atoms with Crippen molar-refractivity contribution in [3.63, 3.8) is 0 Å². The van der Waals surface area contributed by atoms with E-state index in [1.165, 1.54) is 0 Å². The lowest BCUT2D eigenvalue weighted by molar-refractivity contribution is 0.0924. The number of carbonyl (C=O) groups is 1. The number of benzene rings is 1. The van der Waals surface area contributed by atoms with E-state index in [1.807, 2.05) is 19.1 Å². The molecule has 1 aromatic carbocycles. The van der Waals surface area contributed by atoms with Gasteiger partial charge >= 0.3 is 0 Å². The van der Waals surface area contributed by atoms with Gasteiger partial charge in [-0.2, -0.15) is 0 Å². The van der Waals surface area contributed by atoms with Crippen LogP contribution in [0.2, 0.25) is 0 Å². The predicted molar refractivity (Wildman–Crippen MR) is 78.6 cm³/mol. The van der Waals surface area contributed by atoms with Gasteiger partial charge in [0.05, 0.1) is 12.2 Å². The lowest BCUT2D eigenvalue weighted by Gasteiger charge is -2.18. The Kier molecular flexibility index (Phi) is 3.36. The number of aromatic nitrogens is 1. The van der Waals surface area contributed by atoms with Crippen molar-refractivity contribution < 1.29 is 9.53 Å². The fourth-order valence-electron chi connectivity index (χ4n) is 2.68. The molecule has 5 nitrogen and oxygen atoms in total. The monoisotopic (exact) mass is 273 g/mol. The lowest BCUT2D eigenvalue weighted by atomic mass is 10.0. The van der Waals surface area contributed by atoms with Gasteiger partial charge in [-0.1, -0.05) is 0 Å². The molecule has 2 unspecified atom stereocenters. The van der Waals surface area contributed by atoms with Gasteiger partial charge in [-0.25, -0.2) is 0 Å². The van der Waals surface area contributed by atoms with E-state index in [0.717, 1.165) is 30.5 Å². The Balaban J connectivity index is 1.78. The smallest absolute Gasteiger partial charge is 0.253 e. The number of nitrogen functional groups attached to an aromatic ring is 1. The van der Waals surface area contributed by atoms with Crippen molar-refractivity contribution in [2.75, 3.05) is 18.9 Å². The zero-order valence-electron chi connectivity index (χ0n) is 11.5. The van der Waals surface area contributed by atoms with Crippen LogP contribution in [-0.4, -0.2) is 30.1 Å². The Morgan fingerprint density at radius 1 is 1.55 bits per heavy atom. The summed E-state index contributed by atoms with van der Waals surface area (Å²) in [6, 6.07) is 5.63. The van der Waals surface area contributed by atoms with Gasteiger partial charge in [-0.05, 0) is 31.5 Å². The molecule has 4 N–H and O–H groups in total. The van der Waals surface area contributed by atoms with Gasteiger partial charge in [0, 0.05) is 41.4 Å². The molecule has 0 spiro atoms. The third kappa shape index (κ3) is 2.36. The number of H-pyrrole nitrogens is 1. The first kappa shape index (κ1) is 13.0. The first-order chi connectivity index (χ1) is 9.65. The maximum absolute atomic E-state index is 12.4. The highest BCUT2D eigenvalue weighted by atomic mass is 16.5. The third-order valence-corrected chi connectivity index (χ3v) is 3.98. The number of carbonyl (C=O) groups excluding carboxylic acids is 1. The SMILES string of the molecule is CC(NC(=O)c1c[nH]c2cc(N)ccc12)C1CCOC1. The number of ether oxygens (including phenoxy) is 1. The number of nitrogens with two attached hydrogens (primary N) is 1. The summed E-state index contributed by atoms with van der Waals surface area (Å²) in [6.07, 6.45) is 2.74. The number of hydrogen-bond acceptors (Lipinski definition) is 3. The molecule has 1 fully saturated rings. The standard InChI is InChI=1S/C15H19N3O2/c1-9(10-4-5-20-8-10)18-15(19)13-7-17-14-6-11(16)2-3-12(13)14/h2-3,6-7,9-10,17H,4-5,8,16H2,1H3,(H,18,19). The molecule has 5 heteroatoms. The average Bonchev–Trinajstić information content (AvgIpc) is 3.07. The highest BCUT2D eigenvalue weighted by Crippen LogP contribution is 2.22. The van der Waals surface area contributed by atoms with Crippen LogP contribution in [0, 0.1) is 5.92 Å². The molecule has 1 aliphatic rings. The minimum absolute atomic E-state index is 0.0552. The zero-order chi connectivity index (χ0) is 14.1. The molecule has 2 heterocycles. The van der Waals surface area contributed by atoms with Crippen molar-refractivity contribution in [3.05, 3.63) is 30.0 Å². The van der Waals surface area contributed by atoms with Gasteiger partial charge in [0.1, 0.15) is 0 Å². The lowest BCUT2D eigenvalue weighted by Crippen LogP contribution is -2.38. The summed E-state index contributed by atoms with van der Waals surface area (Å²) in [6.45, 7) is 3.55. The largest absolute Gasteiger partial charge is 0.399 e. The topological polar surface area (TPSA) is 80.1 Å². The summed E-state index contributed by atoms with van der Waals surface area (Å²) >= 11 is 0. The van der Waals surface area contributed by atoms with E-state index < -0.39 is 0 Å². The minimum Gasteiger partial charge on any atom is -0.399 e. The second-order valence-corrected chi connectivity index (χ2v) is 5.39. The molecule has 20 heavy (non-hydrogen) atoms. The van der Waals surface area contributed by atoms with Gasteiger partial charge in [0.2, 0.25) is 0 Å². The second kappa shape index (κ2) is 5.17. The molecular weight excluding hydrogens is 254 g/mol. The Hall–Kier alpha value is -2.01. The van der Waals surface area contributed by atoms with Crippen molar-refractivity contribution in [2.45, 2.75) is 19.4 Å². The van der Waals surface area contributed by atoms with Crippen molar-refractivity contribution in [1.82, 2.24) is 10.3 Å². The van der Waals surface area contributed by atoms with Crippen LogP contribution in [-0.2, 0) is 4.74 Å². The van der Waals surface area contributed by atoms with Crippen LogP contribution < -0.4 is 11.1 Å². The van der Waals surface area contributed by atoms with Crippen LogP contribution in [0.1, 0.15) is 23.7 Å². The summed E-state index contributed by atoms with van der Waals surface area (Å²) in [7, 11) is 0. The number of amides is 1. The maximum Gasteiger partial charge on any atom is 0.253 e. The molecule has 2 aromatic rings. The molecule has 1 aromatic heterocycles. The van der Waals surface area contributed by atoms with Crippen LogP contribution in [0.4, 0.5) is 5.69 Å². The van der Waals surface area contributed by atoms with Crippen LogP contribution in [0.15, 0.2) is 24.4 Å². The number of aromatic amines is 1. The first-order valence-corrected chi connectivity index (χ1v) is 6.90. The second-order valence-electron chi connectivity index (χ2n) is 5.39. The van der Waals surface area contributed by atoms with E-state index in [0.29, 0.717) is 17.2 Å². The zero-order valence-corrected chi connectivity index (χ0v) is 11.5. The number of anilines is 1. The maximum atomic E-state index is 12.4. The van der Waals surface area contributed by atoms with Crippen molar-refractivity contribution >= 4 is 22.5 Å². The number of nitrogens with one attached hydrogen (secondary N) is 2. The summed E-state index contributed by atoms with van der Waals surface area (Å²) in [5, 5.41) is 3.96. The molecule has 3 rings (SSSR count). The average molecular weight is 273 g/mol. The van der Waals surface area contributed by atoms with E-state index in [-0.39, 0.29) is 11.9 Å². The fraction of sp³-hybridized carbons (Fsp3) is 0.400. The minimum atomic E-state index is -0.0552. The Morgan fingerprint density at radius 3 is 3.15 bits per heavy atom. The normalized spacial score (nSPS) is 20.1. The third-order valence-electron chi connectivity index (χ3n) is 3.98. The quantitative estimate of drug-likeness (QED) is 0.747. The Morgan fingerprint density at radius 2 is 2.40 bits per heavy atom. The summed E-state index contributed by atoms with van der Waals surface area (Å²) in [4.78, 5) is 15.5. The molecular formula is C15H19N3O2. The number of hydrogen-bond donors (Lipinski definition) is 3. The highest BCUT2D eigenvalue weighted by Gasteiger charge is 2.24. The van der Waals surface area contributed by atoms with Gasteiger partial charge in [-0.15, -0.1) is 0 Å². The van der Waals surface area contributed by atoms with Crippen LogP contribution in [0.5, 0.6) is 0 Å². The van der Waals surface area contributed by atoms with E-state index in [1.54, 1.807) is 12.3 Å². The van der Waals surface area contributed by atoms with E-state index >= 15 is 0 Å². The van der Waals surface area contributed by atoms with Crippen molar-refractivity contribution in [1.29, 1.82) is 0 Å². The number of rotatable bonds is 3. The van der Waals surface area contributed by atoms with Gasteiger partial charge in [0.25, 0.3) is 5.91 Å². The summed E-state index contributed by atoms with van der Waals surface area (Å²) in [5.74, 6) is 0.347. The van der Waals surface area contributed by atoms with Crippen LogP contribution in [0.25, 0.3) is 10.9 Å². The molecule has 0 bridgehead atoms. The van der Waals surface area contributed by atoms with E-state index in [9.17, 15) is 4.79 Å². The van der Waals surface area contributed by atoms with Gasteiger partial charge < -0.3 is 20.8 Å². The molecule has 1 saturated heterocycles. The van der Waals surface area contributed by atoms with Gasteiger partial charge in [-0.3, -0.25) is 4.79 Å². The van der Waals surface area contributed by atoms with Crippen molar-refractivity contribution in [3.8, 4) is 0 Å². The van der Waals surface area contributed by atoms with Crippen molar-refractivity contribution in [2.24, 2.45) is 5.92 Å². The van der Waals surface area contributed by atoms with Gasteiger partial charge in [0.15, 0.2) is 0 Å².